The van der Waals surface area contributed by atoms with E-state index < -0.39 is 70.3 Å². The van der Waals surface area contributed by atoms with Crippen LogP contribution in [0.25, 0.3) is 6.08 Å². The van der Waals surface area contributed by atoms with Crippen molar-refractivity contribution in [1.29, 1.82) is 0 Å². The van der Waals surface area contributed by atoms with Gasteiger partial charge in [-0.3, -0.25) is 34.1 Å². The molecule has 194 valence electrons. The van der Waals surface area contributed by atoms with E-state index in [2.05, 4.69) is 9.47 Å². The predicted molar refractivity (Wildman–Crippen MR) is 119 cm³/mol. The Morgan fingerprint density at radius 1 is 1.00 bits per heavy atom. The molecular weight excluding hydrogens is 482 g/mol. The van der Waals surface area contributed by atoms with Crippen LogP contribution in [-0.4, -0.2) is 73.7 Å². The van der Waals surface area contributed by atoms with Crippen molar-refractivity contribution >= 4 is 41.4 Å². The summed E-state index contributed by atoms with van der Waals surface area (Å²) >= 11 is 0. The number of aliphatic hydroxyl groups is 1. The van der Waals surface area contributed by atoms with Gasteiger partial charge in [-0.2, -0.15) is 0 Å². The molecule has 1 aromatic rings. The summed E-state index contributed by atoms with van der Waals surface area (Å²) in [4.78, 5) is 74.7. The Morgan fingerprint density at radius 3 is 2.11 bits per heavy atom. The Kier molecular flexibility index (Phi) is 9.00. The zero-order valence-electron chi connectivity index (χ0n) is 19.9. The van der Waals surface area contributed by atoms with Crippen molar-refractivity contribution < 1.29 is 52.9 Å². The fourth-order valence-corrected chi connectivity index (χ4v) is 4.39. The molecule has 13 heteroatoms. The molecule has 1 fully saturated rings. The molecule has 0 bridgehead atoms. The summed E-state index contributed by atoms with van der Waals surface area (Å²) in [5, 5.41) is 23.0. The number of ether oxygens (including phenoxy) is 4. The molecule has 0 radical (unpaired) electrons. The zero-order chi connectivity index (χ0) is 27.2. The zero-order valence-corrected chi connectivity index (χ0v) is 19.9. The lowest BCUT2D eigenvalue weighted by molar-refractivity contribution is -0.385. The maximum atomic E-state index is 13.5. The smallest absolute Gasteiger partial charge is 0.319 e. The minimum absolute atomic E-state index is 0.0498. The lowest BCUT2D eigenvalue weighted by Crippen LogP contribution is -2.65. The quantitative estimate of drug-likeness (QED) is 0.169. The molecular formula is C23H25NO12. The fraction of sp³-hybridized carbons (Fsp3) is 0.435. The first-order valence-electron chi connectivity index (χ1n) is 10.5. The molecule has 0 spiro atoms. The van der Waals surface area contributed by atoms with Gasteiger partial charge in [-0.15, -0.1) is 0 Å². The average Bonchev–Trinajstić information content (AvgIpc) is 2.86. The number of rotatable bonds is 8. The van der Waals surface area contributed by atoms with E-state index in [0.717, 1.165) is 34.5 Å². The molecule has 2 rings (SSSR count). The number of nitrogens with zero attached hydrogens (tertiary/aromatic N) is 1. The maximum Gasteiger partial charge on any atom is 0.319 e. The molecule has 1 aliphatic carbocycles. The first kappa shape index (κ1) is 28.1. The summed E-state index contributed by atoms with van der Waals surface area (Å²) in [7, 11) is 3.82. The first-order chi connectivity index (χ1) is 17.0. The molecule has 0 unspecified atom stereocenters. The second kappa shape index (κ2) is 11.5. The molecule has 0 heterocycles. The molecule has 13 nitrogen and oxygen atoms in total. The van der Waals surface area contributed by atoms with Crippen LogP contribution >= 0.6 is 0 Å². The Hall–Kier alpha value is -4.13. The third kappa shape index (κ3) is 5.25. The van der Waals surface area contributed by atoms with Crippen molar-refractivity contribution in [2.24, 2.45) is 23.7 Å². The molecule has 0 amide bonds. The van der Waals surface area contributed by atoms with Crippen LogP contribution in [0.1, 0.15) is 12.0 Å². The molecule has 5 atom stereocenters. The third-order valence-electron chi connectivity index (χ3n) is 6.03. The van der Waals surface area contributed by atoms with Crippen LogP contribution in [-0.2, 0) is 42.9 Å². The monoisotopic (exact) mass is 507 g/mol. The minimum Gasteiger partial charge on any atom is -0.469 e. The van der Waals surface area contributed by atoms with E-state index in [4.69, 9.17) is 9.47 Å². The normalized spacial score (nSPS) is 25.6. The van der Waals surface area contributed by atoms with Gasteiger partial charge in [-0.05, 0) is 6.07 Å². The lowest BCUT2D eigenvalue weighted by atomic mass is 9.57. The third-order valence-corrected chi connectivity index (χ3v) is 6.03. The van der Waals surface area contributed by atoms with Crippen molar-refractivity contribution in [3.05, 3.63) is 46.0 Å². The van der Waals surface area contributed by atoms with Gasteiger partial charge in [0.15, 0.2) is 5.78 Å². The second-order valence-corrected chi connectivity index (χ2v) is 7.86. The van der Waals surface area contributed by atoms with E-state index in [1.165, 1.54) is 30.3 Å². The molecule has 36 heavy (non-hydrogen) atoms. The van der Waals surface area contributed by atoms with Gasteiger partial charge >= 0.3 is 23.9 Å². The van der Waals surface area contributed by atoms with Gasteiger partial charge in [-0.1, -0.05) is 24.3 Å². The highest BCUT2D eigenvalue weighted by Gasteiger charge is 2.66. The van der Waals surface area contributed by atoms with E-state index in [1.54, 1.807) is 0 Å². The van der Waals surface area contributed by atoms with Gasteiger partial charge in [0.1, 0.15) is 17.4 Å². The van der Waals surface area contributed by atoms with Crippen molar-refractivity contribution in [3.63, 3.8) is 0 Å². The van der Waals surface area contributed by atoms with Gasteiger partial charge in [0.25, 0.3) is 5.69 Å². The Bertz CT molecular complexity index is 1100. The number of hydrogen-bond acceptors (Lipinski definition) is 12. The summed E-state index contributed by atoms with van der Waals surface area (Å²) in [6.07, 6.45) is 1.29. The molecule has 1 N–H and O–H groups in total. The van der Waals surface area contributed by atoms with Crippen LogP contribution < -0.4 is 0 Å². The first-order valence-corrected chi connectivity index (χ1v) is 10.5. The number of ketones is 1. The van der Waals surface area contributed by atoms with Gasteiger partial charge in [0.05, 0.1) is 51.3 Å². The molecule has 0 aliphatic heterocycles. The number of hydrogen-bond donors (Lipinski definition) is 1. The summed E-state index contributed by atoms with van der Waals surface area (Å²) in [5.74, 6) is -13.3. The number of carbonyl (C=O) groups excluding carboxylic acids is 5. The molecule has 1 saturated carbocycles. The highest BCUT2D eigenvalue weighted by Crippen LogP contribution is 2.47. The standard InChI is InChI=1S/C23H25NO12/c1-33-15(25)11-23(30)17(21(28)35-3)13(10-9-12-7-5-6-8-14(12)24(31)32)16(20(27)34-2)19(26)18(23)22(29)36-4/h5-10,13,16-18,30H,11H2,1-4H3/b10-9+/t13-,16-,17-,18+,23+/m0/s1. The summed E-state index contributed by atoms with van der Waals surface area (Å²) in [6, 6.07) is 5.50. The SMILES string of the molecule is COC(=O)C[C@]1(O)[C@@H](C(=O)OC)C(=O)[C@@H](C(=O)OC)[C@H](/C=C/c2ccccc2[N+](=O)[O-])[C@H]1C(=O)OC. The van der Waals surface area contributed by atoms with Crippen molar-refractivity contribution in [2.75, 3.05) is 28.4 Å². The molecule has 1 aliphatic rings. The van der Waals surface area contributed by atoms with E-state index in [1.807, 2.05) is 0 Å². The number of methoxy groups -OCH3 is 4. The van der Waals surface area contributed by atoms with Crippen LogP contribution in [0.5, 0.6) is 0 Å². The number of nitro benzene ring substituents is 1. The van der Waals surface area contributed by atoms with Crippen LogP contribution in [0, 0.1) is 33.8 Å². The summed E-state index contributed by atoms with van der Waals surface area (Å²) in [5.41, 5.74) is -3.02. The van der Waals surface area contributed by atoms with Crippen LogP contribution in [0.2, 0.25) is 0 Å². The van der Waals surface area contributed by atoms with E-state index in [0.29, 0.717) is 0 Å². The number of carbonyl (C=O) groups is 5. The topological polar surface area (TPSA) is 186 Å². The number of benzene rings is 1. The second-order valence-electron chi connectivity index (χ2n) is 7.86. The lowest BCUT2D eigenvalue weighted by Gasteiger charge is -2.47. The summed E-state index contributed by atoms with van der Waals surface area (Å²) in [6.45, 7) is 0. The van der Waals surface area contributed by atoms with E-state index in [9.17, 15) is 39.2 Å². The highest BCUT2D eigenvalue weighted by atomic mass is 16.6. The van der Waals surface area contributed by atoms with Crippen LogP contribution in [0.4, 0.5) is 5.69 Å². The van der Waals surface area contributed by atoms with Crippen LogP contribution in [0.3, 0.4) is 0 Å². The number of nitro groups is 1. The maximum absolute atomic E-state index is 13.5. The number of Topliss-reactive ketones (excluding diaryl/α,β-unsaturated/α-hetero) is 1. The van der Waals surface area contributed by atoms with E-state index in [-0.39, 0.29) is 11.3 Å². The number of esters is 4. The van der Waals surface area contributed by atoms with E-state index >= 15 is 0 Å². The van der Waals surface area contributed by atoms with Crippen molar-refractivity contribution in [2.45, 2.75) is 12.0 Å². The Balaban J connectivity index is 2.84. The van der Waals surface area contributed by atoms with Gasteiger partial charge in [0.2, 0.25) is 0 Å². The summed E-state index contributed by atoms with van der Waals surface area (Å²) < 4.78 is 18.7. The van der Waals surface area contributed by atoms with Gasteiger partial charge in [0, 0.05) is 12.0 Å². The predicted octanol–water partition coefficient (Wildman–Crippen LogP) is 0.469. The number of para-hydroxylation sites is 1. The van der Waals surface area contributed by atoms with Crippen molar-refractivity contribution in [1.82, 2.24) is 0 Å². The van der Waals surface area contributed by atoms with Gasteiger partial charge < -0.3 is 24.1 Å². The Labute approximate surface area is 205 Å². The Morgan fingerprint density at radius 2 is 1.58 bits per heavy atom. The largest absolute Gasteiger partial charge is 0.469 e. The average molecular weight is 507 g/mol. The van der Waals surface area contributed by atoms with Crippen molar-refractivity contribution in [3.8, 4) is 0 Å². The molecule has 0 saturated heterocycles. The number of allylic oxidation sites excluding steroid dienone is 1. The molecule has 0 aromatic heterocycles. The highest BCUT2D eigenvalue weighted by molar-refractivity contribution is 6.11. The minimum atomic E-state index is -2.74. The fourth-order valence-electron chi connectivity index (χ4n) is 4.39. The van der Waals surface area contributed by atoms with Crippen LogP contribution in [0.15, 0.2) is 30.3 Å². The van der Waals surface area contributed by atoms with Gasteiger partial charge in [-0.25, -0.2) is 0 Å². The molecule has 1 aromatic carbocycles.